The van der Waals surface area contributed by atoms with E-state index in [2.05, 4.69) is 204 Å². The monoisotopic (exact) mass is 799 g/mol. The fraction of sp³-hybridized carbons (Fsp3) is 0.441. The van der Waals surface area contributed by atoms with Gasteiger partial charge in [0.2, 0.25) is 0 Å². The van der Waals surface area contributed by atoms with Crippen molar-refractivity contribution in [2.45, 2.75) is 134 Å². The maximum absolute atomic E-state index is 18.5. The van der Waals surface area contributed by atoms with Crippen molar-refractivity contribution >= 4 is 16.9 Å². The molecule has 0 N–H and O–H groups in total. The zero-order chi connectivity index (χ0) is 43.5. The van der Waals surface area contributed by atoms with Crippen molar-refractivity contribution in [3.05, 3.63) is 177 Å². The molecule has 0 saturated carbocycles. The lowest BCUT2D eigenvalue weighted by molar-refractivity contribution is -0.157. The highest BCUT2D eigenvalue weighted by atomic mass is 16.1. The molecule has 0 radical (unpaired) electrons. The molecule has 0 spiro atoms. The Labute approximate surface area is 365 Å². The third-order valence-corrected chi connectivity index (χ3v) is 15.9. The van der Waals surface area contributed by atoms with Crippen LogP contribution in [0, 0.1) is 33.5 Å². The third-order valence-electron chi connectivity index (χ3n) is 15.9. The van der Waals surface area contributed by atoms with E-state index in [1.54, 1.807) is 0 Å². The normalized spacial score (nSPS) is 24.9. The highest BCUT2D eigenvalue weighted by Crippen LogP contribution is 2.73. The van der Waals surface area contributed by atoms with Gasteiger partial charge in [-0.1, -0.05) is 202 Å². The van der Waals surface area contributed by atoms with Gasteiger partial charge in [-0.05, 0) is 133 Å². The standard InChI is InChI=1S/C59H74O/c1-13-49-43(11)56(17-5,39-45-31-23-19-24-32-45)58(41(7)8,51(15-3)53(49)47-35-27-21-28-36-47)55(60)59(42(9)10)52(16-4)54(48-37-29-22-30-38-48)50(14-2)44(12)57(59,18-6)40-46-33-25-20-26-34-46/h19-38,41-42H,13-18,39-40H2,1-12H3. The topological polar surface area (TPSA) is 17.1 Å². The Bertz CT molecular complexity index is 2090. The first-order valence-corrected chi connectivity index (χ1v) is 23.5. The molecule has 0 heterocycles. The molecule has 4 atom stereocenters. The number of allylic oxidation sites excluding steroid dienone is 8. The van der Waals surface area contributed by atoms with Gasteiger partial charge < -0.3 is 0 Å². The summed E-state index contributed by atoms with van der Waals surface area (Å²) in [5.74, 6) is 0.468. The predicted molar refractivity (Wildman–Crippen MR) is 259 cm³/mol. The van der Waals surface area contributed by atoms with Crippen LogP contribution in [0.25, 0.3) is 11.1 Å². The van der Waals surface area contributed by atoms with Gasteiger partial charge in [-0.25, -0.2) is 0 Å². The number of rotatable bonds is 16. The Morgan fingerprint density at radius 3 is 1.00 bits per heavy atom. The summed E-state index contributed by atoms with van der Waals surface area (Å²) in [5, 5.41) is 0. The first-order valence-electron chi connectivity index (χ1n) is 23.5. The van der Waals surface area contributed by atoms with E-state index in [9.17, 15) is 0 Å². The Kier molecular flexibility index (Phi) is 13.7. The predicted octanol–water partition coefficient (Wildman–Crippen LogP) is 16.3. The van der Waals surface area contributed by atoms with E-state index in [1.807, 2.05) is 0 Å². The molecule has 4 unspecified atom stereocenters. The molecule has 2 aliphatic carbocycles. The van der Waals surface area contributed by atoms with Crippen molar-refractivity contribution < 1.29 is 4.79 Å². The molecule has 0 fully saturated rings. The van der Waals surface area contributed by atoms with Crippen LogP contribution in [-0.4, -0.2) is 5.78 Å². The summed E-state index contributed by atoms with van der Waals surface area (Å²) in [6.45, 7) is 28.7. The summed E-state index contributed by atoms with van der Waals surface area (Å²) in [6, 6.07) is 44.5. The summed E-state index contributed by atoms with van der Waals surface area (Å²) < 4.78 is 0. The van der Waals surface area contributed by atoms with E-state index in [0.717, 1.165) is 51.4 Å². The molecule has 0 aromatic heterocycles. The van der Waals surface area contributed by atoms with Crippen LogP contribution in [0.3, 0.4) is 0 Å². The number of Topliss-reactive ketones (excluding diaryl/α,β-unsaturated/α-hetero) is 1. The highest BCUT2D eigenvalue weighted by Gasteiger charge is 2.71. The third kappa shape index (κ3) is 6.60. The number of benzene rings is 4. The van der Waals surface area contributed by atoms with Gasteiger partial charge in [0.15, 0.2) is 5.78 Å². The van der Waals surface area contributed by atoms with Crippen LogP contribution in [0.15, 0.2) is 155 Å². The summed E-state index contributed by atoms with van der Waals surface area (Å²) in [6.07, 6.45) is 6.80. The number of carbonyl (C=O) groups excluding carboxylic acids is 1. The first kappa shape index (κ1) is 45.0. The Balaban J connectivity index is 1.92. The molecule has 60 heavy (non-hydrogen) atoms. The van der Waals surface area contributed by atoms with E-state index in [4.69, 9.17) is 0 Å². The molecule has 316 valence electrons. The molecule has 4 aromatic rings. The van der Waals surface area contributed by atoms with Gasteiger partial charge in [0.05, 0.1) is 10.8 Å². The zero-order valence-electron chi connectivity index (χ0n) is 39.3. The van der Waals surface area contributed by atoms with E-state index in [-0.39, 0.29) is 11.8 Å². The molecule has 1 nitrogen and oxygen atoms in total. The summed E-state index contributed by atoms with van der Waals surface area (Å²) in [7, 11) is 0. The minimum Gasteiger partial charge on any atom is -0.298 e. The number of hydrogen-bond donors (Lipinski definition) is 0. The summed E-state index contributed by atoms with van der Waals surface area (Å²) in [4.78, 5) is 18.5. The van der Waals surface area contributed by atoms with Crippen molar-refractivity contribution in [2.75, 3.05) is 0 Å². The molecule has 2 aliphatic rings. The van der Waals surface area contributed by atoms with Crippen LogP contribution in [0.4, 0.5) is 0 Å². The second-order valence-corrected chi connectivity index (χ2v) is 18.5. The summed E-state index contributed by atoms with van der Waals surface area (Å²) >= 11 is 0. The molecule has 4 aromatic carbocycles. The van der Waals surface area contributed by atoms with Crippen LogP contribution >= 0.6 is 0 Å². The van der Waals surface area contributed by atoms with Gasteiger partial charge in [0, 0.05) is 10.8 Å². The number of carbonyl (C=O) groups is 1. The number of hydrogen-bond acceptors (Lipinski definition) is 1. The molecule has 0 bridgehead atoms. The quantitative estimate of drug-likeness (QED) is 0.110. The lowest BCUT2D eigenvalue weighted by Gasteiger charge is -2.66. The lowest BCUT2D eigenvalue weighted by atomic mass is 9.35. The van der Waals surface area contributed by atoms with Gasteiger partial charge >= 0.3 is 0 Å². The van der Waals surface area contributed by atoms with E-state index in [1.165, 1.54) is 66.8 Å². The minimum atomic E-state index is -0.839. The maximum Gasteiger partial charge on any atom is 0.155 e. The van der Waals surface area contributed by atoms with Crippen LogP contribution < -0.4 is 0 Å². The molecular formula is C59H74O. The van der Waals surface area contributed by atoms with Crippen molar-refractivity contribution in [2.24, 2.45) is 33.5 Å². The van der Waals surface area contributed by atoms with Gasteiger partial charge in [-0.3, -0.25) is 4.79 Å². The maximum atomic E-state index is 18.5. The molecule has 0 amide bonds. The fourth-order valence-corrected chi connectivity index (χ4v) is 13.7. The minimum absolute atomic E-state index is 0.00715. The van der Waals surface area contributed by atoms with Crippen molar-refractivity contribution in [3.8, 4) is 0 Å². The molecule has 0 saturated heterocycles. The van der Waals surface area contributed by atoms with E-state index < -0.39 is 21.7 Å². The fourth-order valence-electron chi connectivity index (χ4n) is 13.7. The Hall–Kier alpha value is -4.49. The molecule has 0 aliphatic heterocycles. The van der Waals surface area contributed by atoms with Crippen molar-refractivity contribution in [1.82, 2.24) is 0 Å². The van der Waals surface area contributed by atoms with Crippen LogP contribution in [0.5, 0.6) is 0 Å². The van der Waals surface area contributed by atoms with Crippen molar-refractivity contribution in [1.29, 1.82) is 0 Å². The lowest BCUT2D eigenvalue weighted by Crippen LogP contribution is -2.66. The largest absolute Gasteiger partial charge is 0.298 e. The van der Waals surface area contributed by atoms with Crippen LogP contribution in [-0.2, 0) is 17.6 Å². The molecule has 6 rings (SSSR count). The summed E-state index contributed by atoms with van der Waals surface area (Å²) in [5.41, 5.74) is 13.5. The van der Waals surface area contributed by atoms with Crippen LogP contribution in [0.1, 0.15) is 144 Å². The smallest absolute Gasteiger partial charge is 0.155 e. The zero-order valence-corrected chi connectivity index (χ0v) is 39.3. The highest BCUT2D eigenvalue weighted by molar-refractivity contribution is 6.05. The Morgan fingerprint density at radius 2 is 0.750 bits per heavy atom. The second-order valence-electron chi connectivity index (χ2n) is 18.5. The average Bonchev–Trinajstić information content (AvgIpc) is 3.27. The molecular weight excluding hydrogens is 725 g/mol. The first-order chi connectivity index (χ1) is 28.9. The average molecular weight is 799 g/mol. The van der Waals surface area contributed by atoms with E-state index >= 15 is 4.79 Å². The van der Waals surface area contributed by atoms with Crippen LogP contribution in [0.2, 0.25) is 0 Å². The van der Waals surface area contributed by atoms with E-state index in [0.29, 0.717) is 5.78 Å². The Morgan fingerprint density at radius 1 is 0.450 bits per heavy atom. The van der Waals surface area contributed by atoms with Gasteiger partial charge in [-0.15, -0.1) is 0 Å². The van der Waals surface area contributed by atoms with Gasteiger partial charge in [0.25, 0.3) is 0 Å². The SMILES string of the molecule is CCC1=C(C)C(CC)(Cc2ccccc2)C(C(=O)C2(C(C)C)C(CC)=C(c3ccccc3)C(CC)=C(C)C2(CC)Cc2ccccc2)(C(C)C)C(CC)=C1c1ccccc1. The van der Waals surface area contributed by atoms with Gasteiger partial charge in [-0.2, -0.15) is 0 Å². The molecule has 1 heteroatoms. The second kappa shape index (κ2) is 18.2. The van der Waals surface area contributed by atoms with Gasteiger partial charge in [0.1, 0.15) is 0 Å². The number of ketones is 1. The van der Waals surface area contributed by atoms with Crippen molar-refractivity contribution in [3.63, 3.8) is 0 Å².